The summed E-state index contributed by atoms with van der Waals surface area (Å²) < 4.78 is 0.908. The van der Waals surface area contributed by atoms with Gasteiger partial charge in [-0.15, -0.1) is 0 Å². The van der Waals surface area contributed by atoms with Crippen LogP contribution in [0.2, 0.25) is 0 Å². The molecule has 4 heteroatoms. The Morgan fingerprint density at radius 2 is 2.12 bits per heavy atom. The summed E-state index contributed by atoms with van der Waals surface area (Å²) in [5.74, 6) is 0.144. The topological polar surface area (TPSA) is 56.0 Å². The maximum Gasteiger partial charge on any atom is 0.196 e. The summed E-state index contributed by atoms with van der Waals surface area (Å²) in [5.41, 5.74) is 7.80. The smallest absolute Gasteiger partial charge is 0.196 e. The minimum absolute atomic E-state index is 0.115. The number of pyridine rings is 1. The first kappa shape index (κ1) is 11.8. The molecule has 0 radical (unpaired) electrons. The number of ketones is 1. The van der Waals surface area contributed by atoms with E-state index in [2.05, 4.69) is 20.9 Å². The molecule has 0 unspecified atom stereocenters. The molecule has 0 saturated carbocycles. The highest BCUT2D eigenvalue weighted by Gasteiger charge is 2.13. The molecule has 86 valence electrons. The van der Waals surface area contributed by atoms with Crippen LogP contribution >= 0.6 is 15.9 Å². The van der Waals surface area contributed by atoms with E-state index in [4.69, 9.17) is 5.73 Å². The Hall–Kier alpha value is -1.68. The van der Waals surface area contributed by atoms with Crippen molar-refractivity contribution in [2.45, 2.75) is 6.92 Å². The first-order chi connectivity index (χ1) is 8.09. The predicted octanol–water partition coefficient (Wildman–Crippen LogP) is 2.97. The molecular formula is C13H11BrN2O. The predicted molar refractivity (Wildman–Crippen MR) is 71.0 cm³/mol. The highest BCUT2D eigenvalue weighted by Crippen LogP contribution is 2.20. The monoisotopic (exact) mass is 290 g/mol. The summed E-state index contributed by atoms with van der Waals surface area (Å²) in [7, 11) is 0. The SMILES string of the molecule is Cc1ccc(C(=O)c2cccnc2N)cc1Br. The van der Waals surface area contributed by atoms with E-state index in [1.54, 1.807) is 30.5 Å². The van der Waals surface area contributed by atoms with Crippen LogP contribution in [0.5, 0.6) is 0 Å². The zero-order valence-electron chi connectivity index (χ0n) is 9.27. The van der Waals surface area contributed by atoms with E-state index in [1.165, 1.54) is 0 Å². The summed E-state index contributed by atoms with van der Waals surface area (Å²) in [6.45, 7) is 1.97. The second-order valence-electron chi connectivity index (χ2n) is 3.73. The number of hydrogen-bond acceptors (Lipinski definition) is 3. The Bertz CT molecular complexity index is 581. The number of anilines is 1. The average Bonchev–Trinajstić information content (AvgIpc) is 2.32. The van der Waals surface area contributed by atoms with Crippen molar-refractivity contribution < 1.29 is 4.79 Å². The lowest BCUT2D eigenvalue weighted by atomic mass is 10.0. The molecule has 0 bridgehead atoms. The van der Waals surface area contributed by atoms with Gasteiger partial charge >= 0.3 is 0 Å². The number of aromatic nitrogens is 1. The van der Waals surface area contributed by atoms with Crippen LogP contribution < -0.4 is 5.73 Å². The van der Waals surface area contributed by atoms with Gasteiger partial charge in [0.25, 0.3) is 0 Å². The lowest BCUT2D eigenvalue weighted by Gasteiger charge is -2.05. The molecule has 0 saturated heterocycles. The number of halogens is 1. The summed E-state index contributed by atoms with van der Waals surface area (Å²) in [5, 5.41) is 0. The number of carbonyl (C=O) groups is 1. The molecule has 0 aliphatic carbocycles. The number of hydrogen-bond donors (Lipinski definition) is 1. The number of benzene rings is 1. The summed E-state index contributed by atoms with van der Waals surface area (Å²) >= 11 is 3.41. The van der Waals surface area contributed by atoms with Gasteiger partial charge in [0, 0.05) is 16.2 Å². The van der Waals surface area contributed by atoms with Crippen molar-refractivity contribution >= 4 is 27.5 Å². The van der Waals surface area contributed by atoms with E-state index in [-0.39, 0.29) is 11.6 Å². The van der Waals surface area contributed by atoms with Crippen molar-refractivity contribution in [1.29, 1.82) is 0 Å². The average molecular weight is 291 g/mol. The van der Waals surface area contributed by atoms with Crippen molar-refractivity contribution in [2.75, 3.05) is 5.73 Å². The number of aryl methyl sites for hydroxylation is 1. The third-order valence-corrected chi connectivity index (χ3v) is 3.37. The maximum atomic E-state index is 12.2. The Morgan fingerprint density at radius 1 is 1.35 bits per heavy atom. The fourth-order valence-corrected chi connectivity index (χ4v) is 1.88. The lowest BCUT2D eigenvalue weighted by molar-refractivity contribution is 0.103. The van der Waals surface area contributed by atoms with Crippen molar-refractivity contribution in [1.82, 2.24) is 4.98 Å². The van der Waals surface area contributed by atoms with Gasteiger partial charge in [0.05, 0.1) is 5.56 Å². The normalized spacial score (nSPS) is 10.2. The van der Waals surface area contributed by atoms with Crippen LogP contribution in [-0.4, -0.2) is 10.8 Å². The fraction of sp³-hybridized carbons (Fsp3) is 0.0769. The molecule has 0 atom stereocenters. The molecule has 1 aromatic heterocycles. The highest BCUT2D eigenvalue weighted by molar-refractivity contribution is 9.10. The number of nitrogens with two attached hydrogens (primary N) is 1. The second-order valence-corrected chi connectivity index (χ2v) is 4.58. The highest BCUT2D eigenvalue weighted by atomic mass is 79.9. The lowest BCUT2D eigenvalue weighted by Crippen LogP contribution is -2.06. The van der Waals surface area contributed by atoms with Gasteiger partial charge in [-0.25, -0.2) is 4.98 Å². The molecule has 1 heterocycles. The Morgan fingerprint density at radius 3 is 2.76 bits per heavy atom. The van der Waals surface area contributed by atoms with Gasteiger partial charge in [0.1, 0.15) is 5.82 Å². The van der Waals surface area contributed by atoms with Gasteiger partial charge in [-0.3, -0.25) is 4.79 Å². The summed E-state index contributed by atoms with van der Waals surface area (Å²) in [6, 6.07) is 8.86. The van der Waals surface area contributed by atoms with E-state index in [0.717, 1.165) is 10.0 Å². The summed E-state index contributed by atoms with van der Waals surface area (Å²) in [4.78, 5) is 16.1. The maximum absolute atomic E-state index is 12.2. The minimum Gasteiger partial charge on any atom is -0.383 e. The molecule has 17 heavy (non-hydrogen) atoms. The first-order valence-corrected chi connectivity index (χ1v) is 5.90. The van der Waals surface area contributed by atoms with Crippen molar-refractivity contribution in [2.24, 2.45) is 0 Å². The van der Waals surface area contributed by atoms with E-state index in [1.807, 2.05) is 13.0 Å². The molecule has 0 amide bonds. The zero-order valence-corrected chi connectivity index (χ0v) is 10.9. The molecule has 0 spiro atoms. The molecule has 0 fully saturated rings. The van der Waals surface area contributed by atoms with Gasteiger partial charge < -0.3 is 5.73 Å². The quantitative estimate of drug-likeness (QED) is 0.865. The molecule has 2 aromatic rings. The van der Waals surface area contributed by atoms with Crippen LogP contribution in [0, 0.1) is 6.92 Å². The second kappa shape index (κ2) is 4.67. The number of rotatable bonds is 2. The Kier molecular flexibility index (Phi) is 3.24. The standard InChI is InChI=1S/C13H11BrN2O/c1-8-4-5-9(7-11(8)14)12(17)10-3-2-6-16-13(10)15/h2-7H,1H3,(H2,15,16). The number of nitrogens with zero attached hydrogens (tertiary/aromatic N) is 1. The van der Waals surface area contributed by atoms with Gasteiger partial charge in [-0.05, 0) is 30.7 Å². The molecule has 0 aliphatic rings. The van der Waals surface area contributed by atoms with Gasteiger partial charge in [0.15, 0.2) is 5.78 Å². The van der Waals surface area contributed by atoms with Gasteiger partial charge in [-0.2, -0.15) is 0 Å². The van der Waals surface area contributed by atoms with Crippen LogP contribution in [0.4, 0.5) is 5.82 Å². The third-order valence-electron chi connectivity index (χ3n) is 2.52. The summed E-state index contributed by atoms with van der Waals surface area (Å²) in [6.07, 6.45) is 1.57. The van der Waals surface area contributed by atoms with E-state index in [0.29, 0.717) is 11.1 Å². The van der Waals surface area contributed by atoms with Gasteiger partial charge in [0.2, 0.25) is 0 Å². The number of carbonyl (C=O) groups excluding carboxylic acids is 1. The van der Waals surface area contributed by atoms with Crippen molar-refractivity contribution in [3.05, 3.63) is 57.7 Å². The van der Waals surface area contributed by atoms with E-state index in [9.17, 15) is 4.79 Å². The van der Waals surface area contributed by atoms with Crippen LogP contribution in [-0.2, 0) is 0 Å². The Labute approximate surface area is 108 Å². The molecule has 2 rings (SSSR count). The molecule has 1 aromatic carbocycles. The van der Waals surface area contributed by atoms with Crippen LogP contribution in [0.25, 0.3) is 0 Å². The molecule has 3 nitrogen and oxygen atoms in total. The van der Waals surface area contributed by atoms with Crippen molar-refractivity contribution in [3.63, 3.8) is 0 Å². The van der Waals surface area contributed by atoms with Crippen LogP contribution in [0.3, 0.4) is 0 Å². The van der Waals surface area contributed by atoms with Gasteiger partial charge in [-0.1, -0.05) is 28.1 Å². The fourth-order valence-electron chi connectivity index (χ4n) is 1.50. The van der Waals surface area contributed by atoms with Crippen molar-refractivity contribution in [3.8, 4) is 0 Å². The first-order valence-electron chi connectivity index (χ1n) is 5.11. The molecule has 0 aliphatic heterocycles. The third kappa shape index (κ3) is 2.36. The van der Waals surface area contributed by atoms with Crippen LogP contribution in [0.1, 0.15) is 21.5 Å². The minimum atomic E-state index is -0.115. The molecule has 2 N–H and O–H groups in total. The number of nitrogen functional groups attached to an aromatic ring is 1. The zero-order chi connectivity index (χ0) is 12.4. The Balaban J connectivity index is 2.44. The largest absolute Gasteiger partial charge is 0.383 e. The van der Waals surface area contributed by atoms with Crippen LogP contribution in [0.15, 0.2) is 41.0 Å². The van der Waals surface area contributed by atoms with E-state index < -0.39 is 0 Å². The molecular weight excluding hydrogens is 280 g/mol. The van der Waals surface area contributed by atoms with E-state index >= 15 is 0 Å².